The number of carbonyl (C=O) groups excluding carboxylic acids is 1. The highest BCUT2D eigenvalue weighted by atomic mass is 32.2. The number of carboxylic acid groups (broad SMARTS) is 1. The Balaban J connectivity index is 1.92. The lowest BCUT2D eigenvalue weighted by Crippen LogP contribution is -2.54. The SMILES string of the molecule is CN(CC1CCOCC1)C(=O)N1CCSCC1C(=O)O. The topological polar surface area (TPSA) is 70.1 Å². The maximum atomic E-state index is 12.4. The Morgan fingerprint density at radius 3 is 2.75 bits per heavy atom. The lowest BCUT2D eigenvalue weighted by Gasteiger charge is -2.36. The van der Waals surface area contributed by atoms with Gasteiger partial charge in [0, 0.05) is 44.9 Å². The second kappa shape index (κ2) is 7.17. The zero-order valence-corrected chi connectivity index (χ0v) is 12.6. The molecule has 0 saturated carbocycles. The smallest absolute Gasteiger partial charge is 0.327 e. The molecule has 6 nitrogen and oxygen atoms in total. The second-order valence-electron chi connectivity index (χ2n) is 5.34. The average Bonchev–Trinajstić information content (AvgIpc) is 2.47. The van der Waals surface area contributed by atoms with Crippen molar-refractivity contribution in [1.29, 1.82) is 0 Å². The Morgan fingerprint density at radius 1 is 1.40 bits per heavy atom. The number of rotatable bonds is 3. The molecule has 114 valence electrons. The van der Waals surface area contributed by atoms with Crippen molar-refractivity contribution >= 4 is 23.8 Å². The van der Waals surface area contributed by atoms with E-state index in [1.165, 1.54) is 4.90 Å². The predicted octanol–water partition coefficient (Wildman–Crippen LogP) is 0.967. The molecule has 2 aliphatic heterocycles. The van der Waals surface area contributed by atoms with E-state index < -0.39 is 12.0 Å². The molecule has 2 heterocycles. The van der Waals surface area contributed by atoms with Crippen LogP contribution in [-0.2, 0) is 9.53 Å². The first-order chi connectivity index (χ1) is 9.59. The van der Waals surface area contributed by atoms with Gasteiger partial charge in [0.15, 0.2) is 0 Å². The van der Waals surface area contributed by atoms with E-state index in [0.717, 1.165) is 31.8 Å². The fourth-order valence-electron chi connectivity index (χ4n) is 2.65. The van der Waals surface area contributed by atoms with Crippen LogP contribution in [-0.4, -0.2) is 77.8 Å². The minimum atomic E-state index is -0.912. The maximum absolute atomic E-state index is 12.4. The number of amides is 2. The number of hydrogen-bond donors (Lipinski definition) is 1. The minimum Gasteiger partial charge on any atom is -0.480 e. The van der Waals surface area contributed by atoms with Crippen LogP contribution in [0, 0.1) is 5.92 Å². The van der Waals surface area contributed by atoms with E-state index in [1.54, 1.807) is 23.7 Å². The molecule has 0 aromatic heterocycles. The third-order valence-corrected chi connectivity index (χ3v) is 4.88. The third kappa shape index (κ3) is 3.79. The van der Waals surface area contributed by atoms with Crippen LogP contribution < -0.4 is 0 Å². The van der Waals surface area contributed by atoms with Gasteiger partial charge in [0.1, 0.15) is 6.04 Å². The number of aliphatic carboxylic acids is 1. The van der Waals surface area contributed by atoms with Crippen molar-refractivity contribution in [2.24, 2.45) is 5.92 Å². The summed E-state index contributed by atoms with van der Waals surface area (Å²) in [5, 5.41) is 9.22. The summed E-state index contributed by atoms with van der Waals surface area (Å²) in [5.74, 6) is 0.831. The molecule has 0 spiro atoms. The summed E-state index contributed by atoms with van der Waals surface area (Å²) in [6.07, 6.45) is 1.94. The lowest BCUT2D eigenvalue weighted by atomic mass is 10.00. The van der Waals surface area contributed by atoms with Gasteiger partial charge in [-0.15, -0.1) is 0 Å². The molecule has 0 bridgehead atoms. The molecule has 0 aromatic carbocycles. The van der Waals surface area contributed by atoms with Gasteiger partial charge in [-0.05, 0) is 18.8 Å². The number of nitrogens with zero attached hydrogens (tertiary/aromatic N) is 2. The zero-order valence-electron chi connectivity index (χ0n) is 11.8. The highest BCUT2D eigenvalue weighted by Gasteiger charge is 2.34. The van der Waals surface area contributed by atoms with E-state index in [0.29, 0.717) is 24.8 Å². The molecule has 20 heavy (non-hydrogen) atoms. The van der Waals surface area contributed by atoms with E-state index in [9.17, 15) is 14.7 Å². The predicted molar refractivity (Wildman–Crippen MR) is 77.0 cm³/mol. The van der Waals surface area contributed by atoms with Crippen LogP contribution in [0.25, 0.3) is 0 Å². The Labute approximate surface area is 123 Å². The highest BCUT2D eigenvalue weighted by molar-refractivity contribution is 7.99. The summed E-state index contributed by atoms with van der Waals surface area (Å²) in [5.41, 5.74) is 0. The van der Waals surface area contributed by atoms with Gasteiger partial charge in [-0.2, -0.15) is 11.8 Å². The maximum Gasteiger partial charge on any atom is 0.327 e. The molecule has 2 fully saturated rings. The van der Waals surface area contributed by atoms with Gasteiger partial charge >= 0.3 is 12.0 Å². The summed E-state index contributed by atoms with van der Waals surface area (Å²) < 4.78 is 5.31. The molecular weight excluding hydrogens is 280 g/mol. The van der Waals surface area contributed by atoms with Crippen molar-refractivity contribution in [3.8, 4) is 0 Å². The van der Waals surface area contributed by atoms with Gasteiger partial charge in [-0.3, -0.25) is 0 Å². The quantitative estimate of drug-likeness (QED) is 0.841. The second-order valence-corrected chi connectivity index (χ2v) is 6.49. The van der Waals surface area contributed by atoms with E-state index in [4.69, 9.17) is 4.74 Å². The molecule has 2 amide bonds. The van der Waals surface area contributed by atoms with Crippen molar-refractivity contribution < 1.29 is 19.4 Å². The first-order valence-corrected chi connectivity index (χ1v) is 8.15. The standard InChI is InChI=1S/C13H22N2O4S/c1-14(8-10-2-5-19-6-3-10)13(18)15-4-7-20-9-11(15)12(16)17/h10-11H,2-9H2,1H3,(H,16,17). The van der Waals surface area contributed by atoms with Gasteiger partial charge in [-0.25, -0.2) is 9.59 Å². The Kier molecular flexibility index (Phi) is 5.54. The number of carboxylic acids is 1. The van der Waals surface area contributed by atoms with Gasteiger partial charge in [0.05, 0.1) is 0 Å². The fourth-order valence-corrected chi connectivity index (χ4v) is 3.69. The molecule has 1 unspecified atom stereocenters. The highest BCUT2D eigenvalue weighted by Crippen LogP contribution is 2.20. The number of ether oxygens (including phenoxy) is 1. The van der Waals surface area contributed by atoms with Crippen LogP contribution >= 0.6 is 11.8 Å². The molecule has 2 rings (SSSR count). The van der Waals surface area contributed by atoms with E-state index in [-0.39, 0.29) is 6.03 Å². The van der Waals surface area contributed by atoms with Crippen LogP contribution in [0.2, 0.25) is 0 Å². The van der Waals surface area contributed by atoms with E-state index in [1.807, 2.05) is 0 Å². The van der Waals surface area contributed by atoms with Crippen molar-refractivity contribution in [1.82, 2.24) is 9.80 Å². The zero-order chi connectivity index (χ0) is 14.5. The van der Waals surface area contributed by atoms with Crippen molar-refractivity contribution in [3.63, 3.8) is 0 Å². The Hall–Kier alpha value is -0.950. The molecule has 0 aliphatic carbocycles. The normalized spacial score (nSPS) is 24.4. The van der Waals surface area contributed by atoms with Crippen LogP contribution in [0.4, 0.5) is 4.79 Å². The fraction of sp³-hybridized carbons (Fsp3) is 0.846. The number of carbonyl (C=O) groups is 2. The molecule has 0 aromatic rings. The molecular formula is C13H22N2O4S. The van der Waals surface area contributed by atoms with Crippen molar-refractivity contribution in [2.75, 3.05) is 44.9 Å². The summed E-state index contributed by atoms with van der Waals surface area (Å²) in [7, 11) is 1.76. The van der Waals surface area contributed by atoms with Gasteiger partial charge in [0.2, 0.25) is 0 Å². The molecule has 2 aliphatic rings. The third-order valence-electron chi connectivity index (χ3n) is 3.86. The summed E-state index contributed by atoms with van der Waals surface area (Å²) in [6, 6.07) is -0.859. The molecule has 1 atom stereocenters. The van der Waals surface area contributed by atoms with Gasteiger partial charge in [0.25, 0.3) is 0 Å². The van der Waals surface area contributed by atoms with Gasteiger partial charge < -0.3 is 19.6 Å². The van der Waals surface area contributed by atoms with E-state index >= 15 is 0 Å². The van der Waals surface area contributed by atoms with Crippen molar-refractivity contribution in [3.05, 3.63) is 0 Å². The summed E-state index contributed by atoms with van der Waals surface area (Å²) in [6.45, 7) is 2.70. The van der Waals surface area contributed by atoms with Crippen LogP contribution in [0.5, 0.6) is 0 Å². The molecule has 1 N–H and O–H groups in total. The van der Waals surface area contributed by atoms with Crippen LogP contribution in [0.1, 0.15) is 12.8 Å². The van der Waals surface area contributed by atoms with E-state index in [2.05, 4.69) is 0 Å². The van der Waals surface area contributed by atoms with Gasteiger partial charge in [-0.1, -0.05) is 0 Å². The summed E-state index contributed by atoms with van der Waals surface area (Å²) >= 11 is 1.59. The molecule has 0 radical (unpaired) electrons. The minimum absolute atomic E-state index is 0.163. The Bertz CT molecular complexity index is 360. The number of urea groups is 1. The molecule has 2 saturated heterocycles. The number of thioether (sulfide) groups is 1. The lowest BCUT2D eigenvalue weighted by molar-refractivity contribution is -0.141. The first kappa shape index (κ1) is 15.4. The average molecular weight is 302 g/mol. The number of hydrogen-bond acceptors (Lipinski definition) is 4. The first-order valence-electron chi connectivity index (χ1n) is 6.99. The summed E-state index contributed by atoms with van der Waals surface area (Å²) in [4.78, 5) is 26.8. The largest absolute Gasteiger partial charge is 0.480 e. The van der Waals surface area contributed by atoms with Crippen LogP contribution in [0.3, 0.4) is 0 Å². The Morgan fingerprint density at radius 2 is 2.10 bits per heavy atom. The van der Waals surface area contributed by atoms with Crippen LogP contribution in [0.15, 0.2) is 0 Å². The van der Waals surface area contributed by atoms with Crippen molar-refractivity contribution in [2.45, 2.75) is 18.9 Å². The molecule has 7 heteroatoms. The monoisotopic (exact) mass is 302 g/mol.